The van der Waals surface area contributed by atoms with Crippen molar-refractivity contribution in [3.8, 4) is 0 Å². The van der Waals surface area contributed by atoms with Crippen LogP contribution in [-0.2, 0) is 4.57 Å². The molecule has 0 N–H and O–H groups in total. The normalized spacial score (nSPS) is 11.1. The third-order valence-corrected chi connectivity index (χ3v) is 5.98. The number of carbonyl (C=O) groups excluding carboxylic acids is 2. The van der Waals surface area contributed by atoms with Gasteiger partial charge in [0.05, 0.1) is 0 Å². The highest BCUT2D eigenvalue weighted by atomic mass is 31.1. The van der Waals surface area contributed by atoms with Crippen LogP contribution >= 0.6 is 7.80 Å². The van der Waals surface area contributed by atoms with Crippen molar-refractivity contribution in [1.82, 2.24) is 0 Å². The summed E-state index contributed by atoms with van der Waals surface area (Å²) in [6.07, 6.45) is 0. The lowest BCUT2D eigenvalue weighted by molar-refractivity contribution is 0.103. The zero-order chi connectivity index (χ0) is 19.6. The van der Waals surface area contributed by atoms with E-state index in [0.717, 1.165) is 11.1 Å². The van der Waals surface area contributed by atoms with Gasteiger partial charge in [-0.2, -0.15) is 0 Å². The van der Waals surface area contributed by atoms with Gasteiger partial charge in [0, 0.05) is 22.0 Å². The molecule has 0 aliphatic carbocycles. The van der Waals surface area contributed by atoms with Crippen LogP contribution in [0.2, 0.25) is 0 Å². The molecule has 0 bridgehead atoms. The molecule has 0 saturated carbocycles. The van der Waals surface area contributed by atoms with Gasteiger partial charge in [-0.15, -0.1) is 0 Å². The molecule has 0 aliphatic heterocycles. The van der Waals surface area contributed by atoms with Gasteiger partial charge in [0.1, 0.15) is 0 Å². The number of benzene rings is 3. The molecule has 0 aliphatic rings. The molecule has 0 saturated heterocycles. The van der Waals surface area contributed by atoms with Gasteiger partial charge < -0.3 is 0 Å². The lowest BCUT2D eigenvalue weighted by Crippen LogP contribution is -2.13. The molecule has 27 heavy (non-hydrogen) atoms. The maximum atomic E-state index is 13.0. The number of rotatable bonds is 5. The molecule has 1 radical (unpaired) electrons. The minimum Gasteiger partial charge on any atom is -0.289 e. The SMILES string of the molecule is Cc1cc(C)c(C(=O)[P](=O)c2ccccc2)c(C)c1C(=O)c1ccccc1. The Bertz CT molecular complexity index is 1040. The smallest absolute Gasteiger partial charge is 0.247 e. The number of ketones is 1. The Labute approximate surface area is 159 Å². The van der Waals surface area contributed by atoms with Gasteiger partial charge in [0.25, 0.3) is 0 Å². The fraction of sp³-hybridized carbons (Fsp3) is 0.130. The van der Waals surface area contributed by atoms with Crippen LogP contribution in [0.25, 0.3) is 0 Å². The Hall–Kier alpha value is -2.90. The Morgan fingerprint density at radius 2 is 1.26 bits per heavy atom. The lowest BCUT2D eigenvalue weighted by atomic mass is 9.89. The van der Waals surface area contributed by atoms with Crippen LogP contribution in [-0.4, -0.2) is 11.3 Å². The zero-order valence-corrected chi connectivity index (χ0v) is 16.4. The van der Waals surface area contributed by atoms with Crippen molar-refractivity contribution in [3.63, 3.8) is 0 Å². The largest absolute Gasteiger partial charge is 0.289 e. The number of hydrogen-bond donors (Lipinski definition) is 0. The Kier molecular flexibility index (Phi) is 5.43. The average molecular weight is 375 g/mol. The van der Waals surface area contributed by atoms with Gasteiger partial charge in [0.15, 0.2) is 13.6 Å². The first-order valence-corrected chi connectivity index (χ1v) is 9.95. The van der Waals surface area contributed by atoms with Crippen molar-refractivity contribution in [3.05, 3.63) is 100 Å². The topological polar surface area (TPSA) is 51.2 Å². The molecule has 3 rings (SSSR count). The quantitative estimate of drug-likeness (QED) is 0.458. The second-order valence-electron chi connectivity index (χ2n) is 6.52. The van der Waals surface area contributed by atoms with Crippen LogP contribution in [0.4, 0.5) is 0 Å². The summed E-state index contributed by atoms with van der Waals surface area (Å²) < 4.78 is 12.8. The molecule has 0 fully saturated rings. The van der Waals surface area contributed by atoms with Gasteiger partial charge in [0.2, 0.25) is 5.52 Å². The van der Waals surface area contributed by atoms with Gasteiger partial charge in [-0.05, 0) is 49.6 Å². The van der Waals surface area contributed by atoms with E-state index in [0.29, 0.717) is 27.6 Å². The Morgan fingerprint density at radius 1 is 0.741 bits per heavy atom. The minimum absolute atomic E-state index is 0.130. The first-order chi connectivity index (χ1) is 12.9. The minimum atomic E-state index is -2.24. The van der Waals surface area contributed by atoms with Crippen molar-refractivity contribution in [2.75, 3.05) is 0 Å². The van der Waals surface area contributed by atoms with Crippen molar-refractivity contribution in [1.29, 1.82) is 0 Å². The second-order valence-corrected chi connectivity index (χ2v) is 8.03. The van der Waals surface area contributed by atoms with Gasteiger partial charge in [-0.1, -0.05) is 54.6 Å². The summed E-state index contributed by atoms with van der Waals surface area (Å²) >= 11 is 0. The van der Waals surface area contributed by atoms with Crippen LogP contribution in [0.15, 0.2) is 66.7 Å². The maximum Gasteiger partial charge on any atom is 0.247 e. The highest BCUT2D eigenvalue weighted by Crippen LogP contribution is 2.33. The summed E-state index contributed by atoms with van der Waals surface area (Å²) in [4.78, 5) is 26.0. The van der Waals surface area contributed by atoms with E-state index in [-0.39, 0.29) is 5.78 Å². The summed E-state index contributed by atoms with van der Waals surface area (Å²) in [7, 11) is -2.24. The van der Waals surface area contributed by atoms with E-state index in [9.17, 15) is 14.2 Å². The second kappa shape index (κ2) is 7.77. The van der Waals surface area contributed by atoms with Gasteiger partial charge in [-0.25, -0.2) is 0 Å². The predicted octanol–water partition coefficient (Wildman–Crippen LogP) is 5.14. The number of hydrogen-bond acceptors (Lipinski definition) is 3. The Balaban J connectivity index is 2.11. The number of aryl methyl sites for hydroxylation is 2. The fourth-order valence-electron chi connectivity index (χ4n) is 3.38. The first kappa shape index (κ1) is 18.9. The van der Waals surface area contributed by atoms with Crippen molar-refractivity contribution in [2.45, 2.75) is 20.8 Å². The van der Waals surface area contributed by atoms with Crippen LogP contribution in [0.1, 0.15) is 43.0 Å². The highest BCUT2D eigenvalue weighted by Gasteiger charge is 2.26. The summed E-state index contributed by atoms with van der Waals surface area (Å²) in [6, 6.07) is 19.5. The third-order valence-electron chi connectivity index (χ3n) is 4.62. The van der Waals surface area contributed by atoms with Gasteiger partial charge in [-0.3, -0.25) is 14.2 Å². The Morgan fingerprint density at radius 3 is 1.85 bits per heavy atom. The highest BCUT2D eigenvalue weighted by molar-refractivity contribution is 7.71. The van der Waals surface area contributed by atoms with E-state index in [1.54, 1.807) is 43.3 Å². The summed E-state index contributed by atoms with van der Waals surface area (Å²) in [5.74, 6) is -0.130. The molecular formula is C23H20O3P. The summed E-state index contributed by atoms with van der Waals surface area (Å²) in [6.45, 7) is 5.44. The van der Waals surface area contributed by atoms with Crippen LogP contribution < -0.4 is 5.30 Å². The van der Waals surface area contributed by atoms with E-state index in [1.807, 2.05) is 44.2 Å². The molecule has 0 aromatic heterocycles. The molecule has 3 aromatic rings. The third kappa shape index (κ3) is 3.65. The van der Waals surface area contributed by atoms with Crippen molar-refractivity contribution < 1.29 is 14.2 Å². The van der Waals surface area contributed by atoms with E-state index < -0.39 is 13.3 Å². The molecule has 0 spiro atoms. The summed E-state index contributed by atoms with van der Waals surface area (Å²) in [5.41, 5.74) is 3.15. The van der Waals surface area contributed by atoms with E-state index >= 15 is 0 Å². The van der Waals surface area contributed by atoms with E-state index in [2.05, 4.69) is 0 Å². The monoisotopic (exact) mass is 375 g/mol. The predicted molar refractivity (Wildman–Crippen MR) is 109 cm³/mol. The lowest BCUT2D eigenvalue weighted by Gasteiger charge is -2.16. The zero-order valence-electron chi connectivity index (χ0n) is 15.5. The van der Waals surface area contributed by atoms with Crippen LogP contribution in [0, 0.1) is 20.8 Å². The standard InChI is InChI=1S/C23H20O3P/c1-15-14-16(2)21(23(25)27(26)19-12-8-5-9-13-19)17(3)20(15)22(24)18-10-6-4-7-11-18/h4-14H,1-3H3. The maximum absolute atomic E-state index is 13.0. The molecule has 1 atom stereocenters. The molecule has 0 heterocycles. The van der Waals surface area contributed by atoms with Crippen molar-refractivity contribution >= 4 is 24.4 Å². The van der Waals surface area contributed by atoms with Crippen molar-refractivity contribution in [2.24, 2.45) is 0 Å². The number of carbonyl (C=O) groups is 2. The average Bonchev–Trinajstić information content (AvgIpc) is 2.68. The molecule has 135 valence electrons. The van der Waals surface area contributed by atoms with Crippen LogP contribution in [0.3, 0.4) is 0 Å². The molecule has 4 heteroatoms. The molecular weight excluding hydrogens is 355 g/mol. The van der Waals surface area contributed by atoms with Gasteiger partial charge >= 0.3 is 0 Å². The molecule has 3 aromatic carbocycles. The molecule has 3 nitrogen and oxygen atoms in total. The van der Waals surface area contributed by atoms with Crippen LogP contribution in [0.5, 0.6) is 0 Å². The first-order valence-electron chi connectivity index (χ1n) is 8.69. The summed E-state index contributed by atoms with van der Waals surface area (Å²) in [5, 5.41) is 0.493. The molecule has 1 unspecified atom stereocenters. The van der Waals surface area contributed by atoms with E-state index in [1.165, 1.54) is 0 Å². The fourth-order valence-corrected chi connectivity index (χ4v) is 4.60. The van der Waals surface area contributed by atoms with E-state index in [4.69, 9.17) is 0 Å². The molecule has 0 amide bonds.